The smallest absolute Gasteiger partial charge is 0.183 e. The van der Waals surface area contributed by atoms with Crippen LogP contribution in [0.4, 0.5) is 5.82 Å². The average Bonchev–Trinajstić information content (AvgIpc) is 3.19. The van der Waals surface area contributed by atoms with Crippen LogP contribution in [-0.4, -0.2) is 41.2 Å². The van der Waals surface area contributed by atoms with Gasteiger partial charge in [0.25, 0.3) is 0 Å². The van der Waals surface area contributed by atoms with E-state index < -0.39 is 0 Å². The van der Waals surface area contributed by atoms with Crippen molar-refractivity contribution in [2.45, 2.75) is 25.4 Å². The molecule has 0 bridgehead atoms. The minimum Gasteiger partial charge on any atom is -0.382 e. The molecule has 22 heavy (non-hydrogen) atoms. The van der Waals surface area contributed by atoms with E-state index in [4.69, 9.17) is 5.73 Å². The molecule has 0 saturated carbocycles. The van der Waals surface area contributed by atoms with Crippen molar-refractivity contribution >= 4 is 17.0 Å². The first-order valence-corrected chi connectivity index (χ1v) is 7.40. The number of likely N-dealkylation sites (tertiary alicyclic amines) is 1. The molecule has 1 atom stereocenters. The third-order valence-electron chi connectivity index (χ3n) is 4.13. The molecule has 8 nitrogen and oxygen atoms in total. The van der Waals surface area contributed by atoms with E-state index in [1.807, 2.05) is 24.0 Å². The average molecular weight is 298 g/mol. The zero-order chi connectivity index (χ0) is 15.1. The lowest BCUT2D eigenvalue weighted by atomic mass is 10.2. The number of imidazole rings is 1. The molecule has 114 valence electrons. The fourth-order valence-electron chi connectivity index (χ4n) is 3.09. The molecule has 8 heteroatoms. The van der Waals surface area contributed by atoms with Crippen LogP contribution >= 0.6 is 0 Å². The first kappa shape index (κ1) is 13.2. The summed E-state index contributed by atoms with van der Waals surface area (Å²) in [5.41, 5.74) is 8.41. The van der Waals surface area contributed by atoms with Gasteiger partial charge in [-0.15, -0.1) is 0 Å². The minimum absolute atomic E-state index is 0.172. The number of hydrogen-bond donors (Lipinski definition) is 2. The van der Waals surface area contributed by atoms with Crippen LogP contribution < -0.4 is 5.73 Å². The molecular weight excluding hydrogens is 280 g/mol. The summed E-state index contributed by atoms with van der Waals surface area (Å²) in [6, 6.07) is 2.21. The number of fused-ring (bicyclic) bond motifs is 1. The van der Waals surface area contributed by atoms with E-state index >= 15 is 0 Å². The van der Waals surface area contributed by atoms with Crippen LogP contribution in [0.5, 0.6) is 0 Å². The fraction of sp³-hybridized carbons (Fsp3) is 0.429. The second-order valence-corrected chi connectivity index (χ2v) is 5.68. The Morgan fingerprint density at radius 1 is 1.41 bits per heavy atom. The summed E-state index contributed by atoms with van der Waals surface area (Å²) in [4.78, 5) is 18.6. The predicted molar refractivity (Wildman–Crippen MR) is 81.7 cm³/mol. The largest absolute Gasteiger partial charge is 0.382 e. The van der Waals surface area contributed by atoms with Gasteiger partial charge >= 0.3 is 0 Å². The number of aromatic nitrogens is 6. The van der Waals surface area contributed by atoms with Crippen LogP contribution in [0.3, 0.4) is 0 Å². The normalized spacial score (nSPS) is 19.2. The number of nitrogens with two attached hydrogens (primary N) is 1. The molecule has 1 unspecified atom stereocenters. The minimum atomic E-state index is 0.172. The maximum absolute atomic E-state index is 6.01. The standard InChI is InChI=1S/C14H18N8/c1-21-6-4-9(20-21)7-22-5-2-3-10(22)13-18-12(15)11-14(19-13)17-8-16-11/h4,6,8,10H,2-3,5,7H2,1H3,(H3,15,16,17,18,19). The van der Waals surface area contributed by atoms with Gasteiger partial charge in [0.2, 0.25) is 0 Å². The first-order valence-electron chi connectivity index (χ1n) is 7.40. The van der Waals surface area contributed by atoms with Crippen LogP contribution in [0, 0.1) is 0 Å². The van der Waals surface area contributed by atoms with E-state index in [2.05, 4.69) is 29.9 Å². The topological polar surface area (TPSA) is 102 Å². The van der Waals surface area contributed by atoms with Crippen LogP contribution in [0.2, 0.25) is 0 Å². The van der Waals surface area contributed by atoms with Crippen molar-refractivity contribution in [3.8, 4) is 0 Å². The van der Waals surface area contributed by atoms with Crippen LogP contribution in [0.25, 0.3) is 11.2 Å². The summed E-state index contributed by atoms with van der Waals surface area (Å²) in [6.07, 6.45) is 5.71. The summed E-state index contributed by atoms with van der Waals surface area (Å²) in [5, 5.41) is 4.45. The molecule has 0 radical (unpaired) electrons. The van der Waals surface area contributed by atoms with Gasteiger partial charge in [0.05, 0.1) is 18.1 Å². The SMILES string of the molecule is Cn1ccc(CN2CCCC2c2nc(N)c3[nH]cnc3n2)n1. The Kier molecular flexibility index (Phi) is 3.04. The molecule has 3 N–H and O–H groups in total. The number of aryl methyl sites for hydroxylation is 1. The second kappa shape index (κ2) is 5.06. The summed E-state index contributed by atoms with van der Waals surface area (Å²) in [6.45, 7) is 1.82. The van der Waals surface area contributed by atoms with Gasteiger partial charge < -0.3 is 10.7 Å². The molecule has 1 fully saturated rings. The Morgan fingerprint density at radius 2 is 2.32 bits per heavy atom. The van der Waals surface area contributed by atoms with E-state index in [1.54, 1.807) is 6.33 Å². The molecule has 0 aromatic carbocycles. The summed E-state index contributed by atoms with van der Waals surface area (Å²) >= 11 is 0. The molecule has 1 aliphatic rings. The van der Waals surface area contributed by atoms with Gasteiger partial charge in [-0.2, -0.15) is 5.10 Å². The van der Waals surface area contributed by atoms with Crippen molar-refractivity contribution in [3.63, 3.8) is 0 Å². The van der Waals surface area contributed by atoms with Gasteiger partial charge in [0.15, 0.2) is 17.3 Å². The van der Waals surface area contributed by atoms with E-state index in [9.17, 15) is 0 Å². The van der Waals surface area contributed by atoms with E-state index in [0.29, 0.717) is 17.0 Å². The van der Waals surface area contributed by atoms with Crippen molar-refractivity contribution in [2.75, 3.05) is 12.3 Å². The third-order valence-corrected chi connectivity index (χ3v) is 4.13. The Morgan fingerprint density at radius 3 is 3.14 bits per heavy atom. The van der Waals surface area contributed by atoms with Gasteiger partial charge in [-0.05, 0) is 25.5 Å². The molecule has 4 heterocycles. The fourth-order valence-corrected chi connectivity index (χ4v) is 3.09. The number of nitrogen functional groups attached to an aromatic ring is 1. The van der Waals surface area contributed by atoms with Crippen LogP contribution in [-0.2, 0) is 13.6 Å². The highest BCUT2D eigenvalue weighted by Crippen LogP contribution is 2.32. The maximum Gasteiger partial charge on any atom is 0.183 e. The lowest BCUT2D eigenvalue weighted by molar-refractivity contribution is 0.237. The maximum atomic E-state index is 6.01. The zero-order valence-electron chi connectivity index (χ0n) is 12.4. The first-order chi connectivity index (χ1) is 10.7. The highest BCUT2D eigenvalue weighted by atomic mass is 15.3. The molecular formula is C14H18N8. The number of nitrogens with zero attached hydrogens (tertiary/aromatic N) is 6. The van der Waals surface area contributed by atoms with E-state index in [0.717, 1.165) is 37.4 Å². The monoisotopic (exact) mass is 298 g/mol. The van der Waals surface area contributed by atoms with Gasteiger partial charge in [0, 0.05) is 19.8 Å². The highest BCUT2D eigenvalue weighted by Gasteiger charge is 2.29. The second-order valence-electron chi connectivity index (χ2n) is 5.68. The van der Waals surface area contributed by atoms with Crippen molar-refractivity contribution in [3.05, 3.63) is 30.1 Å². The number of hydrogen-bond acceptors (Lipinski definition) is 6. The number of H-pyrrole nitrogens is 1. The third kappa shape index (κ3) is 2.21. The number of anilines is 1. The molecule has 1 saturated heterocycles. The molecule has 1 aliphatic heterocycles. The van der Waals surface area contributed by atoms with Crippen LogP contribution in [0.15, 0.2) is 18.6 Å². The Balaban J connectivity index is 1.64. The quantitative estimate of drug-likeness (QED) is 0.748. The van der Waals surface area contributed by atoms with Gasteiger partial charge in [-0.25, -0.2) is 15.0 Å². The molecule has 0 aliphatic carbocycles. The van der Waals surface area contributed by atoms with Crippen molar-refractivity contribution in [1.29, 1.82) is 0 Å². The highest BCUT2D eigenvalue weighted by molar-refractivity contribution is 5.80. The number of rotatable bonds is 3. The number of aromatic amines is 1. The Bertz CT molecular complexity index is 804. The van der Waals surface area contributed by atoms with Crippen molar-refractivity contribution in [2.24, 2.45) is 7.05 Å². The van der Waals surface area contributed by atoms with Gasteiger partial charge in [-0.3, -0.25) is 9.58 Å². The lowest BCUT2D eigenvalue weighted by Crippen LogP contribution is -2.25. The Hall–Kier alpha value is -2.48. The number of nitrogens with one attached hydrogen (secondary N) is 1. The van der Waals surface area contributed by atoms with E-state index in [-0.39, 0.29) is 6.04 Å². The zero-order valence-corrected chi connectivity index (χ0v) is 12.4. The van der Waals surface area contributed by atoms with Gasteiger partial charge in [0.1, 0.15) is 5.52 Å². The lowest BCUT2D eigenvalue weighted by Gasteiger charge is -2.22. The molecule has 0 amide bonds. The Labute approximate surface area is 127 Å². The summed E-state index contributed by atoms with van der Waals surface area (Å²) in [5.74, 6) is 1.22. The molecule has 3 aromatic heterocycles. The summed E-state index contributed by atoms with van der Waals surface area (Å²) in [7, 11) is 1.93. The molecule has 4 rings (SSSR count). The predicted octanol–water partition coefficient (Wildman–Crippen LogP) is 1.01. The molecule has 3 aromatic rings. The summed E-state index contributed by atoms with van der Waals surface area (Å²) < 4.78 is 1.82. The van der Waals surface area contributed by atoms with Crippen molar-refractivity contribution in [1.82, 2.24) is 34.6 Å². The molecule has 0 spiro atoms. The van der Waals surface area contributed by atoms with Gasteiger partial charge in [-0.1, -0.05) is 0 Å². The van der Waals surface area contributed by atoms with Crippen molar-refractivity contribution < 1.29 is 0 Å². The van der Waals surface area contributed by atoms with Crippen LogP contribution in [0.1, 0.15) is 30.4 Å². The van der Waals surface area contributed by atoms with E-state index in [1.165, 1.54) is 0 Å².